The Labute approximate surface area is 120 Å². The van der Waals surface area contributed by atoms with Crippen molar-refractivity contribution < 1.29 is 0 Å². The summed E-state index contributed by atoms with van der Waals surface area (Å²) in [5.74, 6) is 0. The molecule has 0 spiro atoms. The van der Waals surface area contributed by atoms with Gasteiger partial charge in [-0.15, -0.1) is 0 Å². The molecule has 0 nitrogen and oxygen atoms in total. The van der Waals surface area contributed by atoms with Gasteiger partial charge in [-0.05, 0) is 18.4 Å². The summed E-state index contributed by atoms with van der Waals surface area (Å²) in [7, 11) is -0.992. The summed E-state index contributed by atoms with van der Waals surface area (Å²) in [6.07, 6.45) is 2.39. The van der Waals surface area contributed by atoms with E-state index in [0.29, 0.717) is 0 Å². The van der Waals surface area contributed by atoms with Gasteiger partial charge in [-0.25, -0.2) is 0 Å². The van der Waals surface area contributed by atoms with Gasteiger partial charge in [0.1, 0.15) is 0 Å². The first-order valence-electron chi connectivity index (χ1n) is 6.51. The molecule has 0 aliphatic rings. The van der Waals surface area contributed by atoms with Crippen molar-refractivity contribution in [3.8, 4) is 0 Å². The van der Waals surface area contributed by atoms with E-state index >= 15 is 0 Å². The van der Waals surface area contributed by atoms with Gasteiger partial charge in [0, 0.05) is 5.33 Å². The molecule has 0 amide bonds. The fraction of sp³-hybridized carbons (Fsp3) is 0.250. The van der Waals surface area contributed by atoms with Gasteiger partial charge in [0.05, 0.1) is 8.80 Å². The molecule has 0 aromatic heterocycles. The summed E-state index contributed by atoms with van der Waals surface area (Å²) in [5.41, 5.74) is 1.47. The van der Waals surface area contributed by atoms with E-state index in [2.05, 4.69) is 77.1 Å². The second kappa shape index (κ2) is 6.91. The first kappa shape index (κ1) is 13.6. The molecular weight excluding hydrogens is 300 g/mol. The minimum atomic E-state index is -0.992. The summed E-state index contributed by atoms with van der Waals surface area (Å²) in [6.45, 7) is 2.42. The van der Waals surface area contributed by atoms with Gasteiger partial charge >= 0.3 is 0 Å². The van der Waals surface area contributed by atoms with Crippen LogP contribution < -0.4 is 10.4 Å². The summed E-state index contributed by atoms with van der Waals surface area (Å²) >= 11 is 3.50. The summed E-state index contributed by atoms with van der Waals surface area (Å²) < 4.78 is 0. The van der Waals surface area contributed by atoms with Crippen LogP contribution in [0.4, 0.5) is 0 Å². The Kier molecular flexibility index (Phi) is 5.21. The van der Waals surface area contributed by atoms with Crippen molar-refractivity contribution in [3.05, 3.63) is 60.2 Å². The number of hydrogen-bond acceptors (Lipinski definition) is 0. The minimum Gasteiger partial charge on any atom is -0.0928 e. The molecule has 1 unspecified atom stereocenters. The predicted molar refractivity (Wildman–Crippen MR) is 87.3 cm³/mol. The van der Waals surface area contributed by atoms with Crippen LogP contribution in [0.3, 0.4) is 0 Å². The third-order valence-electron chi connectivity index (χ3n) is 3.35. The Morgan fingerprint density at radius 3 is 2.39 bits per heavy atom. The smallest absolute Gasteiger partial charge is 0.0928 e. The van der Waals surface area contributed by atoms with E-state index < -0.39 is 8.80 Å². The van der Waals surface area contributed by atoms with E-state index in [4.69, 9.17) is 0 Å². The van der Waals surface area contributed by atoms with Crippen LogP contribution >= 0.6 is 15.9 Å². The van der Waals surface area contributed by atoms with Gasteiger partial charge in [-0.3, -0.25) is 0 Å². The summed E-state index contributed by atoms with van der Waals surface area (Å²) in [4.78, 5) is 0. The molecule has 0 aliphatic carbocycles. The topological polar surface area (TPSA) is 0 Å². The molecule has 0 aliphatic heterocycles. The Morgan fingerprint density at radius 1 is 0.944 bits per heavy atom. The zero-order valence-electron chi connectivity index (χ0n) is 10.8. The van der Waals surface area contributed by atoms with Crippen LogP contribution in [-0.4, -0.2) is 14.1 Å². The molecule has 2 heteroatoms. The number of benzene rings is 2. The van der Waals surface area contributed by atoms with Crippen molar-refractivity contribution in [2.24, 2.45) is 0 Å². The predicted octanol–water partition coefficient (Wildman–Crippen LogP) is 2.99. The highest BCUT2D eigenvalue weighted by molar-refractivity contribution is 9.09. The molecule has 2 rings (SSSR count). The molecule has 18 heavy (non-hydrogen) atoms. The fourth-order valence-corrected chi connectivity index (χ4v) is 4.55. The molecule has 0 saturated heterocycles. The number of hydrogen-bond donors (Lipinski definition) is 0. The Morgan fingerprint density at radius 2 is 1.67 bits per heavy atom. The molecule has 1 atom stereocenters. The molecule has 0 fully saturated rings. The van der Waals surface area contributed by atoms with Crippen LogP contribution in [0.1, 0.15) is 12.0 Å². The first-order valence-corrected chi connectivity index (χ1v) is 9.94. The summed E-state index contributed by atoms with van der Waals surface area (Å²) in [6, 6.07) is 20.1. The molecule has 0 saturated carbocycles. The second-order valence-electron chi connectivity index (χ2n) is 4.67. The SMILES string of the molecule is C[SiH](c1ccccc1)c1cccc(CCCBr)c1. The number of alkyl halides is 1. The van der Waals surface area contributed by atoms with Crippen molar-refractivity contribution in [2.45, 2.75) is 19.4 Å². The lowest BCUT2D eigenvalue weighted by molar-refractivity contribution is 0.941. The zero-order valence-corrected chi connectivity index (χ0v) is 13.5. The standard InChI is InChI=1S/C16H19BrSi/c1-18(15-9-3-2-4-10-15)16-11-5-7-14(13-16)8-6-12-17/h2-5,7,9-11,13,18H,6,8,12H2,1H3. The van der Waals surface area contributed by atoms with E-state index in [0.717, 1.165) is 5.33 Å². The Balaban J connectivity index is 2.17. The van der Waals surface area contributed by atoms with Crippen LogP contribution in [0.2, 0.25) is 6.55 Å². The molecule has 2 aromatic carbocycles. The van der Waals surface area contributed by atoms with Gasteiger partial charge in [0.15, 0.2) is 0 Å². The van der Waals surface area contributed by atoms with Gasteiger partial charge in [-0.1, -0.05) is 87.4 Å². The number of rotatable bonds is 5. The molecule has 0 N–H and O–H groups in total. The highest BCUT2D eigenvalue weighted by Crippen LogP contribution is 2.04. The van der Waals surface area contributed by atoms with Gasteiger partial charge < -0.3 is 0 Å². The monoisotopic (exact) mass is 318 g/mol. The second-order valence-corrected chi connectivity index (χ2v) is 8.24. The highest BCUT2D eigenvalue weighted by Gasteiger charge is 2.09. The third kappa shape index (κ3) is 3.56. The molecule has 0 heterocycles. The van der Waals surface area contributed by atoms with E-state index in [1.807, 2.05) is 0 Å². The van der Waals surface area contributed by atoms with Crippen molar-refractivity contribution >= 4 is 35.1 Å². The van der Waals surface area contributed by atoms with Crippen LogP contribution in [0.5, 0.6) is 0 Å². The maximum Gasteiger partial charge on any atom is 0.0997 e. The van der Waals surface area contributed by atoms with Crippen molar-refractivity contribution in [3.63, 3.8) is 0 Å². The third-order valence-corrected chi connectivity index (χ3v) is 6.65. The largest absolute Gasteiger partial charge is 0.0997 e. The Bertz CT molecular complexity index is 481. The van der Waals surface area contributed by atoms with Gasteiger partial charge in [-0.2, -0.15) is 0 Å². The lowest BCUT2D eigenvalue weighted by atomic mass is 10.1. The van der Waals surface area contributed by atoms with E-state index in [9.17, 15) is 0 Å². The van der Waals surface area contributed by atoms with Gasteiger partial charge in [0.25, 0.3) is 0 Å². The number of halogens is 1. The van der Waals surface area contributed by atoms with E-state index in [1.165, 1.54) is 23.6 Å². The average molecular weight is 319 g/mol. The van der Waals surface area contributed by atoms with Crippen molar-refractivity contribution in [1.82, 2.24) is 0 Å². The molecule has 2 aromatic rings. The van der Waals surface area contributed by atoms with Crippen LogP contribution in [0.25, 0.3) is 0 Å². The van der Waals surface area contributed by atoms with Gasteiger partial charge in [0.2, 0.25) is 0 Å². The fourth-order valence-electron chi connectivity index (χ4n) is 2.22. The molecule has 0 bridgehead atoms. The minimum absolute atomic E-state index is 0.992. The number of aryl methyl sites for hydroxylation is 1. The zero-order chi connectivity index (χ0) is 12.8. The lowest BCUT2D eigenvalue weighted by Crippen LogP contribution is -2.39. The van der Waals surface area contributed by atoms with E-state index in [-0.39, 0.29) is 0 Å². The highest BCUT2D eigenvalue weighted by atomic mass is 79.9. The average Bonchev–Trinajstić information content (AvgIpc) is 2.45. The maximum absolute atomic E-state index is 3.50. The quantitative estimate of drug-likeness (QED) is 0.587. The van der Waals surface area contributed by atoms with Crippen LogP contribution in [0, 0.1) is 0 Å². The molecule has 94 valence electrons. The molecule has 0 radical (unpaired) electrons. The summed E-state index contributed by atoms with van der Waals surface area (Å²) in [5, 5.41) is 4.16. The molecular formula is C16H19BrSi. The first-order chi connectivity index (χ1) is 8.81. The van der Waals surface area contributed by atoms with Crippen LogP contribution in [0.15, 0.2) is 54.6 Å². The normalized spacial score (nSPS) is 12.3. The lowest BCUT2D eigenvalue weighted by Gasteiger charge is -2.12. The van der Waals surface area contributed by atoms with E-state index in [1.54, 1.807) is 5.19 Å². The van der Waals surface area contributed by atoms with Crippen molar-refractivity contribution in [1.29, 1.82) is 0 Å². The van der Waals surface area contributed by atoms with Crippen LogP contribution in [-0.2, 0) is 6.42 Å². The Hall–Kier alpha value is -0.863. The van der Waals surface area contributed by atoms with Crippen molar-refractivity contribution in [2.75, 3.05) is 5.33 Å². The maximum atomic E-state index is 3.50.